The zero-order valence-electron chi connectivity index (χ0n) is 13.3. The molecule has 4 N–H and O–H groups in total. The van der Waals surface area contributed by atoms with Crippen LogP contribution in [-0.4, -0.2) is 22.9 Å². The second-order valence-electron chi connectivity index (χ2n) is 4.96. The summed E-state index contributed by atoms with van der Waals surface area (Å²) in [7, 11) is 0. The van der Waals surface area contributed by atoms with E-state index in [0.29, 0.717) is 16.6 Å². The van der Waals surface area contributed by atoms with Gasteiger partial charge in [-0.1, -0.05) is 28.9 Å². The van der Waals surface area contributed by atoms with Gasteiger partial charge in [-0.05, 0) is 30.1 Å². The molecule has 0 aliphatic heterocycles. The highest BCUT2D eigenvalue weighted by Gasteiger charge is 2.22. The number of amides is 3. The van der Waals surface area contributed by atoms with E-state index in [2.05, 4.69) is 30.9 Å². The van der Waals surface area contributed by atoms with Gasteiger partial charge in [0.25, 0.3) is 5.91 Å². The molecule has 10 heteroatoms. The first-order valence-electron chi connectivity index (χ1n) is 7.33. The Morgan fingerprint density at radius 1 is 1.44 bits per heavy atom. The Hall–Kier alpha value is -2.20. The molecular formula is C15H16BrFN4O3S. The van der Waals surface area contributed by atoms with Gasteiger partial charge in [0, 0.05) is 16.6 Å². The predicted octanol–water partition coefficient (Wildman–Crippen LogP) is 3.25. The minimum absolute atomic E-state index is 0.0471. The molecule has 25 heavy (non-hydrogen) atoms. The smallest absolute Gasteiger partial charge is 0.319 e. The summed E-state index contributed by atoms with van der Waals surface area (Å²) in [5.74, 6) is -1.31. The van der Waals surface area contributed by atoms with E-state index >= 15 is 0 Å². The lowest BCUT2D eigenvalue weighted by Gasteiger charge is -2.08. The second-order valence-corrected chi connectivity index (χ2v) is 6.65. The van der Waals surface area contributed by atoms with Gasteiger partial charge in [0.15, 0.2) is 0 Å². The molecule has 2 aromatic rings. The number of carbonyl (C=O) groups excluding carboxylic acids is 2. The van der Waals surface area contributed by atoms with Gasteiger partial charge >= 0.3 is 6.03 Å². The van der Waals surface area contributed by atoms with Crippen LogP contribution in [0.15, 0.2) is 22.7 Å². The third-order valence-electron chi connectivity index (χ3n) is 3.05. The van der Waals surface area contributed by atoms with Crippen molar-refractivity contribution in [3.05, 3.63) is 39.6 Å². The Morgan fingerprint density at radius 2 is 2.20 bits per heavy atom. The van der Waals surface area contributed by atoms with Crippen LogP contribution in [0, 0.1) is 5.82 Å². The normalized spacial score (nSPS) is 10.4. The van der Waals surface area contributed by atoms with Crippen molar-refractivity contribution in [2.75, 3.05) is 11.9 Å². The van der Waals surface area contributed by atoms with E-state index in [1.54, 1.807) is 12.1 Å². The van der Waals surface area contributed by atoms with Gasteiger partial charge in [-0.25, -0.2) is 9.18 Å². The standard InChI is InChI=1S/C15H16BrFN4O3S/c1-2-5-19-15(23)20-14-11(12(18)22)13(21-25-14)24-7-8-3-4-9(16)6-10(8)17/h3-4,6H,2,5,7H2,1H3,(H2,18,22)(H2,19,20,23). The summed E-state index contributed by atoms with van der Waals surface area (Å²) in [4.78, 5) is 23.4. The van der Waals surface area contributed by atoms with Crippen molar-refractivity contribution in [3.8, 4) is 5.88 Å². The third-order valence-corrected chi connectivity index (χ3v) is 4.29. The number of urea groups is 1. The number of ether oxygens (including phenoxy) is 1. The summed E-state index contributed by atoms with van der Waals surface area (Å²) in [5.41, 5.74) is 5.60. The maximum atomic E-state index is 13.8. The van der Waals surface area contributed by atoms with E-state index in [9.17, 15) is 14.0 Å². The highest BCUT2D eigenvalue weighted by Crippen LogP contribution is 2.31. The summed E-state index contributed by atoms with van der Waals surface area (Å²) >= 11 is 4.03. The van der Waals surface area contributed by atoms with Gasteiger partial charge in [-0.15, -0.1) is 0 Å². The summed E-state index contributed by atoms with van der Waals surface area (Å²) in [6, 6.07) is 4.05. The molecule has 0 atom stereocenters. The zero-order chi connectivity index (χ0) is 18.4. The summed E-state index contributed by atoms with van der Waals surface area (Å²) in [5, 5.41) is 5.29. The zero-order valence-corrected chi connectivity index (χ0v) is 15.7. The molecule has 1 aromatic carbocycles. The van der Waals surface area contributed by atoms with Crippen LogP contribution in [-0.2, 0) is 6.61 Å². The SMILES string of the molecule is CCCNC(=O)Nc1snc(OCc2ccc(Br)cc2F)c1C(N)=O. The van der Waals surface area contributed by atoms with Crippen LogP contribution >= 0.6 is 27.5 Å². The van der Waals surface area contributed by atoms with E-state index in [0.717, 1.165) is 18.0 Å². The molecule has 7 nitrogen and oxygen atoms in total. The van der Waals surface area contributed by atoms with E-state index in [1.807, 2.05) is 6.92 Å². The van der Waals surface area contributed by atoms with Crippen molar-refractivity contribution in [1.82, 2.24) is 9.69 Å². The van der Waals surface area contributed by atoms with Crippen LogP contribution in [0.5, 0.6) is 5.88 Å². The molecule has 2 rings (SSSR count). The number of nitrogens with two attached hydrogens (primary N) is 1. The maximum absolute atomic E-state index is 13.8. The number of nitrogens with one attached hydrogen (secondary N) is 2. The predicted molar refractivity (Wildman–Crippen MR) is 96.4 cm³/mol. The molecule has 0 radical (unpaired) electrons. The molecule has 0 aliphatic carbocycles. The lowest BCUT2D eigenvalue weighted by molar-refractivity contribution is 0.0996. The van der Waals surface area contributed by atoms with Crippen LogP contribution in [0.3, 0.4) is 0 Å². The van der Waals surface area contributed by atoms with Crippen LogP contribution in [0.25, 0.3) is 0 Å². The molecule has 0 saturated carbocycles. The highest BCUT2D eigenvalue weighted by atomic mass is 79.9. The Kier molecular flexibility index (Phi) is 6.71. The lowest BCUT2D eigenvalue weighted by Crippen LogP contribution is -2.29. The number of benzene rings is 1. The molecule has 0 saturated heterocycles. The molecule has 134 valence electrons. The molecular weight excluding hydrogens is 415 g/mol. The van der Waals surface area contributed by atoms with Crippen molar-refractivity contribution < 1.29 is 18.7 Å². The van der Waals surface area contributed by atoms with Crippen molar-refractivity contribution in [1.29, 1.82) is 0 Å². The minimum atomic E-state index is -0.800. The second kappa shape index (κ2) is 8.77. The van der Waals surface area contributed by atoms with Gasteiger partial charge in [0.05, 0.1) is 0 Å². The first-order chi connectivity index (χ1) is 11.9. The lowest BCUT2D eigenvalue weighted by atomic mass is 10.2. The summed E-state index contributed by atoms with van der Waals surface area (Å²) in [6.45, 7) is 2.27. The highest BCUT2D eigenvalue weighted by molar-refractivity contribution is 9.10. The van der Waals surface area contributed by atoms with Gasteiger partial charge in [-0.3, -0.25) is 10.1 Å². The largest absolute Gasteiger partial charge is 0.471 e. The molecule has 1 heterocycles. The van der Waals surface area contributed by atoms with Crippen LogP contribution in [0.4, 0.5) is 14.2 Å². The number of carbonyl (C=O) groups is 2. The summed E-state index contributed by atoms with van der Waals surface area (Å²) < 4.78 is 23.8. The first-order valence-corrected chi connectivity index (χ1v) is 8.90. The van der Waals surface area contributed by atoms with Crippen molar-refractivity contribution in [3.63, 3.8) is 0 Å². The maximum Gasteiger partial charge on any atom is 0.319 e. The Labute approximate surface area is 156 Å². The molecule has 0 bridgehead atoms. The average molecular weight is 431 g/mol. The van der Waals surface area contributed by atoms with Gasteiger partial charge < -0.3 is 15.8 Å². The van der Waals surface area contributed by atoms with Gasteiger partial charge in [0.1, 0.15) is 23.0 Å². The van der Waals surface area contributed by atoms with E-state index < -0.39 is 17.8 Å². The number of aromatic nitrogens is 1. The van der Waals surface area contributed by atoms with E-state index in [-0.39, 0.29) is 23.1 Å². The van der Waals surface area contributed by atoms with Gasteiger partial charge in [-0.2, -0.15) is 4.37 Å². The Morgan fingerprint density at radius 3 is 2.84 bits per heavy atom. The quantitative estimate of drug-likeness (QED) is 0.626. The molecule has 3 amide bonds. The molecule has 1 aromatic heterocycles. The van der Waals surface area contributed by atoms with E-state index in [1.165, 1.54) is 6.07 Å². The van der Waals surface area contributed by atoms with Crippen molar-refractivity contribution in [2.45, 2.75) is 20.0 Å². The topological polar surface area (TPSA) is 106 Å². The molecule has 0 unspecified atom stereocenters. The van der Waals surface area contributed by atoms with E-state index in [4.69, 9.17) is 10.5 Å². The fourth-order valence-electron chi connectivity index (χ4n) is 1.85. The monoisotopic (exact) mass is 430 g/mol. The molecule has 0 spiro atoms. The third kappa shape index (κ3) is 5.13. The van der Waals surface area contributed by atoms with Crippen LogP contribution < -0.4 is 21.1 Å². The summed E-state index contributed by atoms with van der Waals surface area (Å²) in [6.07, 6.45) is 0.770. The molecule has 0 aliphatic rings. The van der Waals surface area contributed by atoms with Crippen LogP contribution in [0.1, 0.15) is 29.3 Å². The number of nitrogens with zero attached hydrogens (tertiary/aromatic N) is 1. The number of halogens is 2. The molecule has 0 fully saturated rings. The number of primary amides is 1. The van der Waals surface area contributed by atoms with Gasteiger partial charge in [0.2, 0.25) is 5.88 Å². The van der Waals surface area contributed by atoms with Crippen molar-refractivity contribution >= 4 is 44.4 Å². The van der Waals surface area contributed by atoms with Crippen molar-refractivity contribution in [2.24, 2.45) is 5.73 Å². The average Bonchev–Trinajstić information content (AvgIpc) is 2.94. The number of hydrogen-bond donors (Lipinski definition) is 3. The number of anilines is 1. The Bertz CT molecular complexity index is 784. The first kappa shape index (κ1) is 19.1. The number of hydrogen-bond acceptors (Lipinski definition) is 5. The Balaban J connectivity index is 2.12. The fourth-order valence-corrected chi connectivity index (χ4v) is 2.92. The number of rotatable bonds is 7. The minimum Gasteiger partial charge on any atom is -0.471 e. The van der Waals surface area contributed by atoms with Crippen LogP contribution in [0.2, 0.25) is 0 Å². The fraction of sp³-hybridized carbons (Fsp3) is 0.267.